The van der Waals surface area contributed by atoms with Crippen molar-refractivity contribution >= 4 is 29.1 Å². The Kier molecular flexibility index (Phi) is 4.49. The van der Waals surface area contributed by atoms with Gasteiger partial charge in [-0.3, -0.25) is 9.59 Å². The molecule has 1 aromatic rings. The molecule has 1 atom stereocenters. The molecule has 2 amide bonds. The molecule has 1 heterocycles. The Hall–Kier alpha value is -1.75. The van der Waals surface area contributed by atoms with Gasteiger partial charge in [-0.25, -0.2) is 0 Å². The first kappa shape index (κ1) is 14.7. The summed E-state index contributed by atoms with van der Waals surface area (Å²) in [6, 6.07) is 4.29. The summed E-state index contributed by atoms with van der Waals surface area (Å²) in [7, 11) is 0. The maximum atomic E-state index is 12.1. The number of anilines is 1. The highest BCUT2D eigenvalue weighted by Crippen LogP contribution is 2.23. The molecular weight excluding hydrogens is 278 g/mol. The normalized spacial score (nSPS) is 16.0. The zero-order valence-corrected chi connectivity index (χ0v) is 12.1. The number of nitrogens with two attached hydrogens (primary N) is 1. The van der Waals surface area contributed by atoms with Crippen LogP contribution < -0.4 is 11.1 Å². The highest BCUT2D eigenvalue weighted by molar-refractivity contribution is 6.36. The lowest BCUT2D eigenvalue weighted by Gasteiger charge is -2.21. The molecule has 1 aliphatic heterocycles. The van der Waals surface area contributed by atoms with Gasteiger partial charge in [-0.2, -0.15) is 0 Å². The van der Waals surface area contributed by atoms with E-state index in [4.69, 9.17) is 17.3 Å². The monoisotopic (exact) mass is 295 g/mol. The molecule has 6 heteroatoms. The van der Waals surface area contributed by atoms with Gasteiger partial charge in [0.15, 0.2) is 0 Å². The van der Waals surface area contributed by atoms with Crippen LogP contribution in [0.4, 0.5) is 5.69 Å². The van der Waals surface area contributed by atoms with Crippen LogP contribution >= 0.6 is 11.6 Å². The number of hydrogen-bond acceptors (Lipinski definition) is 3. The molecule has 20 heavy (non-hydrogen) atoms. The van der Waals surface area contributed by atoms with Crippen molar-refractivity contribution in [1.82, 2.24) is 10.2 Å². The number of likely N-dealkylation sites (tertiary alicyclic amines) is 1. The van der Waals surface area contributed by atoms with E-state index in [9.17, 15) is 9.59 Å². The lowest BCUT2D eigenvalue weighted by Crippen LogP contribution is -2.46. The molecular formula is C14H18ClN3O2. The van der Waals surface area contributed by atoms with Crippen LogP contribution in [-0.4, -0.2) is 35.8 Å². The Morgan fingerprint density at radius 2 is 2.00 bits per heavy atom. The topological polar surface area (TPSA) is 75.4 Å². The smallest absolute Gasteiger partial charge is 0.253 e. The molecule has 1 aromatic carbocycles. The van der Waals surface area contributed by atoms with Crippen LogP contribution in [0.2, 0.25) is 5.02 Å². The van der Waals surface area contributed by atoms with E-state index >= 15 is 0 Å². The van der Waals surface area contributed by atoms with Crippen LogP contribution in [0.25, 0.3) is 0 Å². The van der Waals surface area contributed by atoms with Gasteiger partial charge in [-0.05, 0) is 31.9 Å². The minimum absolute atomic E-state index is 0.0594. The molecule has 1 saturated heterocycles. The van der Waals surface area contributed by atoms with Crippen LogP contribution in [0.15, 0.2) is 18.2 Å². The fourth-order valence-electron chi connectivity index (χ4n) is 2.27. The zero-order valence-electron chi connectivity index (χ0n) is 11.4. The summed E-state index contributed by atoms with van der Waals surface area (Å²) in [6.07, 6.45) is 2.04. The van der Waals surface area contributed by atoms with Crippen molar-refractivity contribution in [1.29, 1.82) is 0 Å². The second-order valence-corrected chi connectivity index (χ2v) is 5.31. The minimum atomic E-state index is -0.571. The van der Waals surface area contributed by atoms with Crippen molar-refractivity contribution in [3.05, 3.63) is 28.8 Å². The van der Waals surface area contributed by atoms with Gasteiger partial charge in [-0.1, -0.05) is 17.7 Å². The first-order valence-corrected chi connectivity index (χ1v) is 7.02. The maximum Gasteiger partial charge on any atom is 0.253 e. The summed E-state index contributed by atoms with van der Waals surface area (Å²) < 4.78 is 0. The summed E-state index contributed by atoms with van der Waals surface area (Å²) in [5.74, 6) is -0.446. The fourth-order valence-corrected chi connectivity index (χ4v) is 2.48. The molecule has 108 valence electrons. The van der Waals surface area contributed by atoms with Gasteiger partial charge in [0, 0.05) is 13.1 Å². The Labute approximate surface area is 123 Å². The van der Waals surface area contributed by atoms with E-state index in [-0.39, 0.29) is 22.4 Å². The Balaban J connectivity index is 2.03. The molecule has 1 unspecified atom stereocenters. The number of carbonyl (C=O) groups is 2. The summed E-state index contributed by atoms with van der Waals surface area (Å²) in [5, 5.41) is 2.88. The van der Waals surface area contributed by atoms with Crippen molar-refractivity contribution in [3.8, 4) is 0 Å². The van der Waals surface area contributed by atoms with Crippen LogP contribution in [-0.2, 0) is 4.79 Å². The van der Waals surface area contributed by atoms with E-state index in [2.05, 4.69) is 5.32 Å². The number of benzene rings is 1. The summed E-state index contributed by atoms with van der Waals surface area (Å²) in [6.45, 7) is 3.20. The number of carbonyl (C=O) groups excluding carboxylic acids is 2. The van der Waals surface area contributed by atoms with Crippen molar-refractivity contribution in [2.45, 2.75) is 25.8 Å². The number of nitrogens with one attached hydrogen (secondary N) is 1. The highest BCUT2D eigenvalue weighted by Gasteiger charge is 2.25. The average molecular weight is 296 g/mol. The quantitative estimate of drug-likeness (QED) is 0.833. The van der Waals surface area contributed by atoms with Gasteiger partial charge < -0.3 is 16.0 Å². The number of halogens is 1. The first-order valence-electron chi connectivity index (χ1n) is 6.64. The second-order valence-electron chi connectivity index (χ2n) is 4.94. The van der Waals surface area contributed by atoms with Gasteiger partial charge in [0.25, 0.3) is 5.91 Å². The van der Waals surface area contributed by atoms with Gasteiger partial charge >= 0.3 is 0 Å². The van der Waals surface area contributed by atoms with Crippen molar-refractivity contribution < 1.29 is 9.59 Å². The van der Waals surface area contributed by atoms with Crippen molar-refractivity contribution in [3.63, 3.8) is 0 Å². The number of nitrogen functional groups attached to an aromatic ring is 1. The zero-order chi connectivity index (χ0) is 14.7. The molecule has 0 aliphatic carbocycles. The molecule has 0 radical (unpaired) electrons. The van der Waals surface area contributed by atoms with Crippen molar-refractivity contribution in [2.24, 2.45) is 0 Å². The van der Waals surface area contributed by atoms with Crippen LogP contribution in [0.5, 0.6) is 0 Å². The third kappa shape index (κ3) is 3.04. The minimum Gasteiger partial charge on any atom is -0.398 e. The van der Waals surface area contributed by atoms with E-state index in [1.807, 2.05) is 0 Å². The third-order valence-electron chi connectivity index (χ3n) is 3.41. The molecule has 0 saturated carbocycles. The Bertz CT molecular complexity index is 527. The standard InChI is InChI=1S/C14H18ClN3O2/c1-9(14(20)18-7-2-3-8-18)17-13(19)10-5-4-6-11(16)12(10)15/h4-6,9H,2-3,7-8,16H2,1H3,(H,17,19). The predicted octanol–water partition coefficient (Wildman–Crippen LogP) is 1.66. The fraction of sp³-hybridized carbons (Fsp3) is 0.429. The highest BCUT2D eigenvalue weighted by atomic mass is 35.5. The predicted molar refractivity (Wildman–Crippen MR) is 78.6 cm³/mol. The molecule has 0 spiro atoms. The molecule has 0 aromatic heterocycles. The van der Waals surface area contributed by atoms with Gasteiger partial charge in [0.1, 0.15) is 6.04 Å². The number of nitrogens with zero attached hydrogens (tertiary/aromatic N) is 1. The Morgan fingerprint density at radius 3 is 2.65 bits per heavy atom. The van der Waals surface area contributed by atoms with Crippen LogP contribution in [0.3, 0.4) is 0 Å². The van der Waals surface area contributed by atoms with Gasteiger partial charge in [0.05, 0.1) is 16.3 Å². The molecule has 5 nitrogen and oxygen atoms in total. The maximum absolute atomic E-state index is 12.1. The van der Waals surface area contributed by atoms with E-state index in [0.29, 0.717) is 5.69 Å². The molecule has 1 fully saturated rings. The van der Waals surface area contributed by atoms with E-state index in [0.717, 1.165) is 25.9 Å². The van der Waals surface area contributed by atoms with Crippen LogP contribution in [0.1, 0.15) is 30.1 Å². The third-order valence-corrected chi connectivity index (χ3v) is 3.83. The lowest BCUT2D eigenvalue weighted by molar-refractivity contribution is -0.131. The average Bonchev–Trinajstić information content (AvgIpc) is 2.94. The summed E-state index contributed by atoms with van der Waals surface area (Å²) >= 11 is 6.00. The van der Waals surface area contributed by atoms with Gasteiger partial charge in [-0.15, -0.1) is 0 Å². The first-order chi connectivity index (χ1) is 9.50. The van der Waals surface area contributed by atoms with E-state index in [1.165, 1.54) is 0 Å². The van der Waals surface area contributed by atoms with E-state index < -0.39 is 6.04 Å². The molecule has 2 rings (SSSR count). The lowest BCUT2D eigenvalue weighted by atomic mass is 10.1. The molecule has 3 N–H and O–H groups in total. The molecule has 0 bridgehead atoms. The van der Waals surface area contributed by atoms with Crippen molar-refractivity contribution in [2.75, 3.05) is 18.8 Å². The largest absolute Gasteiger partial charge is 0.398 e. The second kappa shape index (κ2) is 6.13. The van der Waals surface area contributed by atoms with Crippen LogP contribution in [0, 0.1) is 0 Å². The van der Waals surface area contributed by atoms with Gasteiger partial charge in [0.2, 0.25) is 5.91 Å². The SMILES string of the molecule is CC(NC(=O)c1cccc(N)c1Cl)C(=O)N1CCCC1. The molecule has 1 aliphatic rings. The summed E-state index contributed by atoms with van der Waals surface area (Å²) in [4.78, 5) is 26.0. The number of rotatable bonds is 3. The Morgan fingerprint density at radius 1 is 1.35 bits per heavy atom. The number of amides is 2. The number of hydrogen-bond donors (Lipinski definition) is 2. The van der Waals surface area contributed by atoms with E-state index in [1.54, 1.807) is 30.0 Å². The summed E-state index contributed by atoms with van der Waals surface area (Å²) in [5.41, 5.74) is 6.29.